The van der Waals surface area contributed by atoms with E-state index < -0.39 is 0 Å². The fourth-order valence-corrected chi connectivity index (χ4v) is 3.51. The molecular weight excluding hydrogens is 392 g/mol. The first-order valence-electron chi connectivity index (χ1n) is 9.47. The first kappa shape index (κ1) is 19.5. The summed E-state index contributed by atoms with van der Waals surface area (Å²) >= 11 is 1.49. The van der Waals surface area contributed by atoms with Gasteiger partial charge in [-0.15, -0.1) is 11.3 Å². The van der Waals surface area contributed by atoms with Crippen molar-refractivity contribution in [3.8, 4) is 11.3 Å². The Morgan fingerprint density at radius 3 is 2.17 bits per heavy atom. The zero-order valence-corrected chi connectivity index (χ0v) is 17.2. The Labute approximate surface area is 179 Å². The molecule has 0 bridgehead atoms. The van der Waals surface area contributed by atoms with E-state index in [4.69, 9.17) is 0 Å². The number of thiazole rings is 1. The van der Waals surface area contributed by atoms with E-state index in [9.17, 15) is 4.79 Å². The largest absolute Gasteiger partial charge is 0.322 e. The van der Waals surface area contributed by atoms with Gasteiger partial charge in [-0.3, -0.25) is 10.2 Å². The standard InChI is InChI=1S/C24H20N4OS/c1-17(18-8-4-2-5-9-18)27-28-24-26-22(16-30-24)19-12-14-21(15-13-19)25-23(29)20-10-6-3-7-11-20/h2-16H,1H3,(H,25,29)(H,26,28). The van der Waals surface area contributed by atoms with Gasteiger partial charge < -0.3 is 5.32 Å². The fourth-order valence-electron chi connectivity index (χ4n) is 2.85. The third-order valence-corrected chi connectivity index (χ3v) is 5.24. The van der Waals surface area contributed by atoms with Crippen LogP contribution in [0.1, 0.15) is 22.8 Å². The summed E-state index contributed by atoms with van der Waals surface area (Å²) in [5.74, 6) is -0.129. The first-order chi connectivity index (χ1) is 14.7. The summed E-state index contributed by atoms with van der Waals surface area (Å²) in [5, 5.41) is 10.0. The van der Waals surface area contributed by atoms with E-state index in [1.54, 1.807) is 12.1 Å². The molecule has 2 N–H and O–H groups in total. The number of amides is 1. The van der Waals surface area contributed by atoms with Gasteiger partial charge in [-0.25, -0.2) is 4.98 Å². The predicted molar refractivity (Wildman–Crippen MR) is 124 cm³/mol. The van der Waals surface area contributed by atoms with Crippen LogP contribution in [0, 0.1) is 0 Å². The number of hydrazone groups is 1. The highest BCUT2D eigenvalue weighted by Crippen LogP contribution is 2.26. The molecule has 0 spiro atoms. The molecule has 0 aliphatic carbocycles. The number of carbonyl (C=O) groups excluding carboxylic acids is 1. The van der Waals surface area contributed by atoms with Gasteiger partial charge in [0.1, 0.15) is 0 Å². The van der Waals surface area contributed by atoms with Crippen LogP contribution < -0.4 is 10.7 Å². The number of rotatable bonds is 6. The number of nitrogens with zero attached hydrogens (tertiary/aromatic N) is 2. The van der Waals surface area contributed by atoms with Crippen LogP contribution >= 0.6 is 11.3 Å². The van der Waals surface area contributed by atoms with Crippen LogP contribution in [-0.4, -0.2) is 16.6 Å². The quantitative estimate of drug-likeness (QED) is 0.306. The molecule has 0 aliphatic rings. The lowest BCUT2D eigenvalue weighted by molar-refractivity contribution is 0.102. The van der Waals surface area contributed by atoms with E-state index in [0.717, 1.165) is 33.4 Å². The molecule has 0 fully saturated rings. The van der Waals surface area contributed by atoms with Gasteiger partial charge in [-0.2, -0.15) is 5.10 Å². The summed E-state index contributed by atoms with van der Waals surface area (Å²) in [4.78, 5) is 16.9. The summed E-state index contributed by atoms with van der Waals surface area (Å²) in [5.41, 5.74) is 8.18. The van der Waals surface area contributed by atoms with Crippen LogP contribution in [0.2, 0.25) is 0 Å². The molecule has 3 aromatic carbocycles. The predicted octanol–water partition coefficient (Wildman–Crippen LogP) is 5.90. The van der Waals surface area contributed by atoms with Gasteiger partial charge in [-0.05, 0) is 36.8 Å². The Balaban J connectivity index is 1.40. The number of hydrogen-bond acceptors (Lipinski definition) is 5. The number of nitrogens with one attached hydrogen (secondary N) is 2. The van der Waals surface area contributed by atoms with Crippen molar-refractivity contribution in [1.29, 1.82) is 0 Å². The molecule has 30 heavy (non-hydrogen) atoms. The lowest BCUT2D eigenvalue weighted by atomic mass is 10.1. The zero-order chi connectivity index (χ0) is 20.8. The fraction of sp³-hybridized carbons (Fsp3) is 0.0417. The monoisotopic (exact) mass is 412 g/mol. The molecule has 0 radical (unpaired) electrons. The van der Waals surface area contributed by atoms with Crippen molar-refractivity contribution in [3.63, 3.8) is 0 Å². The van der Waals surface area contributed by atoms with Crippen LogP contribution in [-0.2, 0) is 0 Å². The molecule has 5 nitrogen and oxygen atoms in total. The van der Waals surface area contributed by atoms with Gasteiger partial charge in [0.25, 0.3) is 5.91 Å². The Bertz CT molecular complexity index is 1150. The van der Waals surface area contributed by atoms with Crippen LogP contribution in [0.5, 0.6) is 0 Å². The number of anilines is 2. The van der Waals surface area contributed by atoms with E-state index in [-0.39, 0.29) is 5.91 Å². The molecule has 0 atom stereocenters. The summed E-state index contributed by atoms with van der Waals surface area (Å²) < 4.78 is 0. The smallest absolute Gasteiger partial charge is 0.255 e. The summed E-state index contributed by atoms with van der Waals surface area (Å²) in [7, 11) is 0. The van der Waals surface area contributed by atoms with Crippen LogP contribution in [0.3, 0.4) is 0 Å². The van der Waals surface area contributed by atoms with Crippen LogP contribution in [0.15, 0.2) is 95.4 Å². The van der Waals surface area contributed by atoms with Crippen molar-refractivity contribution in [3.05, 3.63) is 101 Å². The third-order valence-electron chi connectivity index (χ3n) is 4.49. The van der Waals surface area contributed by atoms with Gasteiger partial charge in [0.15, 0.2) is 0 Å². The Hall–Kier alpha value is -3.77. The second kappa shape index (κ2) is 9.15. The maximum atomic E-state index is 12.3. The van der Waals surface area contributed by atoms with Crippen LogP contribution in [0.25, 0.3) is 11.3 Å². The molecule has 1 heterocycles. The molecule has 4 rings (SSSR count). The topological polar surface area (TPSA) is 66.4 Å². The van der Waals surface area contributed by atoms with E-state index in [1.807, 2.05) is 85.1 Å². The zero-order valence-electron chi connectivity index (χ0n) is 16.4. The Morgan fingerprint density at radius 2 is 1.50 bits per heavy atom. The summed E-state index contributed by atoms with van der Waals surface area (Å²) in [6.45, 7) is 1.96. The lowest BCUT2D eigenvalue weighted by Gasteiger charge is -2.06. The molecule has 1 amide bonds. The Kier molecular flexibility index (Phi) is 5.96. The van der Waals surface area contributed by atoms with Gasteiger partial charge in [0.2, 0.25) is 5.13 Å². The summed E-state index contributed by atoms with van der Waals surface area (Å²) in [6.07, 6.45) is 0. The van der Waals surface area contributed by atoms with Crippen molar-refractivity contribution >= 4 is 33.8 Å². The van der Waals surface area contributed by atoms with Crippen molar-refractivity contribution in [2.24, 2.45) is 5.10 Å². The van der Waals surface area contributed by atoms with Gasteiger partial charge >= 0.3 is 0 Å². The van der Waals surface area contributed by atoms with Crippen LogP contribution in [0.4, 0.5) is 10.8 Å². The number of benzene rings is 3. The van der Waals surface area contributed by atoms with E-state index in [0.29, 0.717) is 5.56 Å². The Morgan fingerprint density at radius 1 is 0.867 bits per heavy atom. The molecule has 0 saturated heterocycles. The van der Waals surface area contributed by atoms with Crippen molar-refractivity contribution in [2.75, 3.05) is 10.7 Å². The van der Waals surface area contributed by atoms with Crippen molar-refractivity contribution in [1.82, 2.24) is 4.98 Å². The molecule has 0 aliphatic heterocycles. The highest BCUT2D eigenvalue weighted by atomic mass is 32.1. The maximum Gasteiger partial charge on any atom is 0.255 e. The SMILES string of the molecule is CC(=NNc1nc(-c2ccc(NC(=O)c3ccccc3)cc2)cs1)c1ccccc1. The average Bonchev–Trinajstić information content (AvgIpc) is 3.28. The lowest BCUT2D eigenvalue weighted by Crippen LogP contribution is -2.11. The third kappa shape index (κ3) is 4.79. The van der Waals surface area contributed by atoms with E-state index in [2.05, 4.69) is 20.8 Å². The molecule has 4 aromatic rings. The second-order valence-corrected chi connectivity index (χ2v) is 7.47. The highest BCUT2D eigenvalue weighted by Gasteiger charge is 2.07. The molecular formula is C24H20N4OS. The highest BCUT2D eigenvalue weighted by molar-refractivity contribution is 7.14. The minimum Gasteiger partial charge on any atom is -0.322 e. The molecule has 0 unspecified atom stereocenters. The van der Waals surface area contributed by atoms with Gasteiger partial charge in [0, 0.05) is 22.2 Å². The molecule has 6 heteroatoms. The van der Waals surface area contributed by atoms with Crippen molar-refractivity contribution < 1.29 is 4.79 Å². The normalized spacial score (nSPS) is 11.2. The van der Waals surface area contributed by atoms with Gasteiger partial charge in [0.05, 0.1) is 11.4 Å². The molecule has 148 valence electrons. The number of aromatic nitrogens is 1. The summed E-state index contributed by atoms with van der Waals surface area (Å²) in [6, 6.07) is 26.8. The number of hydrogen-bond donors (Lipinski definition) is 2. The molecule has 0 saturated carbocycles. The average molecular weight is 413 g/mol. The molecule has 1 aromatic heterocycles. The first-order valence-corrected chi connectivity index (χ1v) is 10.3. The van der Waals surface area contributed by atoms with Gasteiger partial charge in [-0.1, -0.05) is 60.7 Å². The number of carbonyl (C=O) groups is 1. The maximum absolute atomic E-state index is 12.3. The second-order valence-electron chi connectivity index (χ2n) is 6.61. The van der Waals surface area contributed by atoms with E-state index >= 15 is 0 Å². The minimum absolute atomic E-state index is 0.129. The van der Waals surface area contributed by atoms with E-state index in [1.165, 1.54) is 11.3 Å². The minimum atomic E-state index is -0.129. The van der Waals surface area contributed by atoms with Crippen molar-refractivity contribution in [2.45, 2.75) is 6.92 Å².